The number of nitrogens with one attached hydrogen (secondary N) is 1. The van der Waals surface area contributed by atoms with Gasteiger partial charge >= 0.3 is 0 Å². The monoisotopic (exact) mass is 302 g/mol. The van der Waals surface area contributed by atoms with Gasteiger partial charge in [0.15, 0.2) is 0 Å². The Kier molecular flexibility index (Phi) is 3.35. The van der Waals surface area contributed by atoms with Crippen molar-refractivity contribution in [2.45, 2.75) is 25.3 Å². The lowest BCUT2D eigenvalue weighted by Crippen LogP contribution is -2.53. The third-order valence-corrected chi connectivity index (χ3v) is 5.24. The molecule has 0 aliphatic carbocycles. The maximum Gasteiger partial charge on any atom is 0.253 e. The maximum atomic E-state index is 12.7. The zero-order valence-electron chi connectivity index (χ0n) is 11.8. The predicted octanol–water partition coefficient (Wildman–Crippen LogP) is 1.91. The number of rotatable bonds is 1. The molecule has 110 valence electrons. The molecule has 5 nitrogen and oxygen atoms in total. The third kappa shape index (κ3) is 2.42. The van der Waals surface area contributed by atoms with E-state index in [1.807, 2.05) is 23.1 Å². The van der Waals surface area contributed by atoms with E-state index in [4.69, 9.17) is 0 Å². The SMILES string of the molecule is O=C(c1ccc2nsnc2c1)N1CC[C@@H]2NCCC[C@@H]2C1. The van der Waals surface area contributed by atoms with E-state index in [2.05, 4.69) is 14.1 Å². The van der Waals surface area contributed by atoms with Crippen molar-refractivity contribution in [1.82, 2.24) is 19.0 Å². The summed E-state index contributed by atoms with van der Waals surface area (Å²) in [5.74, 6) is 0.745. The molecule has 0 bridgehead atoms. The Hall–Kier alpha value is -1.53. The number of carbonyl (C=O) groups is 1. The zero-order valence-corrected chi connectivity index (χ0v) is 12.6. The highest BCUT2D eigenvalue weighted by Gasteiger charge is 2.33. The van der Waals surface area contributed by atoms with Gasteiger partial charge < -0.3 is 10.2 Å². The number of piperidine rings is 2. The van der Waals surface area contributed by atoms with E-state index in [1.54, 1.807) is 0 Å². The number of aromatic nitrogens is 2. The molecule has 1 N–H and O–H groups in total. The van der Waals surface area contributed by atoms with Gasteiger partial charge in [0.05, 0.1) is 11.7 Å². The molecule has 0 radical (unpaired) electrons. The van der Waals surface area contributed by atoms with Crippen LogP contribution in [-0.2, 0) is 0 Å². The summed E-state index contributed by atoms with van der Waals surface area (Å²) >= 11 is 1.19. The average Bonchev–Trinajstić information content (AvgIpc) is 3.01. The van der Waals surface area contributed by atoms with Crippen LogP contribution in [0.4, 0.5) is 0 Å². The highest BCUT2D eigenvalue weighted by Crippen LogP contribution is 2.26. The topological polar surface area (TPSA) is 58.1 Å². The van der Waals surface area contributed by atoms with E-state index < -0.39 is 0 Å². The second-order valence-electron chi connectivity index (χ2n) is 5.97. The van der Waals surface area contributed by atoms with E-state index in [9.17, 15) is 4.79 Å². The van der Waals surface area contributed by atoms with E-state index in [1.165, 1.54) is 24.6 Å². The predicted molar refractivity (Wildman–Crippen MR) is 82.5 cm³/mol. The first-order valence-electron chi connectivity index (χ1n) is 7.56. The van der Waals surface area contributed by atoms with Crippen LogP contribution in [0, 0.1) is 5.92 Å². The van der Waals surface area contributed by atoms with Crippen LogP contribution >= 0.6 is 11.7 Å². The van der Waals surface area contributed by atoms with Crippen LogP contribution in [-0.4, -0.2) is 45.2 Å². The quantitative estimate of drug-likeness (QED) is 0.874. The standard InChI is InChI=1S/C15H18N4OS/c20-15(10-3-4-13-14(8-10)18-21-17-13)19-7-5-12-11(9-19)2-1-6-16-12/h3-4,8,11-12,16H,1-2,5-7,9H2/t11-,12+/m1/s1. The Morgan fingerprint density at radius 2 is 2.19 bits per heavy atom. The van der Waals surface area contributed by atoms with Gasteiger partial charge in [0, 0.05) is 24.7 Å². The molecule has 2 atom stereocenters. The molecule has 2 aliphatic rings. The average molecular weight is 302 g/mol. The Balaban J connectivity index is 1.53. The van der Waals surface area contributed by atoms with Gasteiger partial charge in [0.2, 0.25) is 0 Å². The molecule has 2 fully saturated rings. The number of fused-ring (bicyclic) bond motifs is 2. The number of hydrogen-bond donors (Lipinski definition) is 1. The summed E-state index contributed by atoms with van der Waals surface area (Å²) in [4.78, 5) is 14.7. The van der Waals surface area contributed by atoms with Gasteiger partial charge in [-0.3, -0.25) is 4.79 Å². The fraction of sp³-hybridized carbons (Fsp3) is 0.533. The van der Waals surface area contributed by atoms with Crippen molar-refractivity contribution in [3.63, 3.8) is 0 Å². The van der Waals surface area contributed by atoms with Crippen molar-refractivity contribution >= 4 is 28.7 Å². The summed E-state index contributed by atoms with van der Waals surface area (Å²) in [7, 11) is 0. The molecule has 0 unspecified atom stereocenters. The second-order valence-corrected chi connectivity index (χ2v) is 6.50. The first-order chi connectivity index (χ1) is 10.3. The highest BCUT2D eigenvalue weighted by molar-refractivity contribution is 7.00. The first-order valence-corrected chi connectivity index (χ1v) is 8.29. The van der Waals surface area contributed by atoms with Crippen molar-refractivity contribution in [3.8, 4) is 0 Å². The number of amides is 1. The number of benzene rings is 1. The van der Waals surface area contributed by atoms with Gasteiger partial charge in [-0.15, -0.1) is 0 Å². The normalized spacial score (nSPS) is 25.8. The minimum absolute atomic E-state index is 0.133. The van der Waals surface area contributed by atoms with Crippen LogP contribution in [0.5, 0.6) is 0 Å². The molecule has 6 heteroatoms. The van der Waals surface area contributed by atoms with Gasteiger partial charge in [0.1, 0.15) is 11.0 Å². The first kappa shape index (κ1) is 13.2. The largest absolute Gasteiger partial charge is 0.338 e. The van der Waals surface area contributed by atoms with Crippen molar-refractivity contribution in [1.29, 1.82) is 0 Å². The zero-order chi connectivity index (χ0) is 14.2. The van der Waals surface area contributed by atoms with E-state index in [0.717, 1.165) is 42.7 Å². The van der Waals surface area contributed by atoms with Gasteiger partial charge in [0.25, 0.3) is 5.91 Å². The fourth-order valence-corrected chi connectivity index (χ4v) is 4.04. The van der Waals surface area contributed by atoms with Crippen molar-refractivity contribution in [3.05, 3.63) is 23.8 Å². The molecule has 2 saturated heterocycles. The molecule has 2 aromatic rings. The lowest BCUT2D eigenvalue weighted by molar-refractivity contribution is 0.0593. The minimum atomic E-state index is 0.133. The molecular formula is C15H18N4OS. The number of nitrogens with zero attached hydrogens (tertiary/aromatic N) is 3. The molecule has 0 spiro atoms. The van der Waals surface area contributed by atoms with Gasteiger partial charge in [-0.05, 0) is 49.9 Å². The van der Waals surface area contributed by atoms with E-state index in [0.29, 0.717) is 12.0 Å². The highest BCUT2D eigenvalue weighted by atomic mass is 32.1. The third-order valence-electron chi connectivity index (χ3n) is 4.68. The minimum Gasteiger partial charge on any atom is -0.338 e. The van der Waals surface area contributed by atoms with Gasteiger partial charge in [-0.1, -0.05) is 0 Å². The second kappa shape index (κ2) is 5.35. The molecule has 1 amide bonds. The Morgan fingerprint density at radius 3 is 3.14 bits per heavy atom. The molecular weight excluding hydrogens is 284 g/mol. The molecule has 1 aromatic carbocycles. The van der Waals surface area contributed by atoms with Crippen molar-refractivity contribution in [2.75, 3.05) is 19.6 Å². The number of carbonyl (C=O) groups excluding carboxylic acids is 1. The van der Waals surface area contributed by atoms with Crippen LogP contribution in [0.3, 0.4) is 0 Å². The lowest BCUT2D eigenvalue weighted by atomic mass is 9.85. The molecule has 2 aliphatic heterocycles. The molecule has 21 heavy (non-hydrogen) atoms. The smallest absolute Gasteiger partial charge is 0.253 e. The van der Waals surface area contributed by atoms with E-state index in [-0.39, 0.29) is 5.91 Å². The summed E-state index contributed by atoms with van der Waals surface area (Å²) in [5.41, 5.74) is 2.42. The number of likely N-dealkylation sites (tertiary alicyclic amines) is 1. The van der Waals surface area contributed by atoms with E-state index >= 15 is 0 Å². The Morgan fingerprint density at radius 1 is 1.29 bits per heavy atom. The Bertz CT molecular complexity index is 670. The van der Waals surface area contributed by atoms with Crippen molar-refractivity contribution < 1.29 is 4.79 Å². The van der Waals surface area contributed by atoms with Crippen LogP contribution < -0.4 is 5.32 Å². The van der Waals surface area contributed by atoms with Crippen LogP contribution in [0.2, 0.25) is 0 Å². The van der Waals surface area contributed by atoms with Crippen LogP contribution in [0.25, 0.3) is 11.0 Å². The van der Waals surface area contributed by atoms with Crippen LogP contribution in [0.1, 0.15) is 29.6 Å². The molecule has 1 aromatic heterocycles. The lowest BCUT2D eigenvalue weighted by Gasteiger charge is -2.41. The van der Waals surface area contributed by atoms with Crippen molar-refractivity contribution in [2.24, 2.45) is 5.92 Å². The van der Waals surface area contributed by atoms with Gasteiger partial charge in [-0.25, -0.2) is 0 Å². The summed E-state index contributed by atoms with van der Waals surface area (Å²) in [6, 6.07) is 6.23. The molecule has 3 heterocycles. The maximum absolute atomic E-state index is 12.7. The summed E-state index contributed by atoms with van der Waals surface area (Å²) < 4.78 is 8.41. The molecule has 0 saturated carbocycles. The Labute approximate surface area is 127 Å². The van der Waals surface area contributed by atoms with Gasteiger partial charge in [-0.2, -0.15) is 8.75 Å². The van der Waals surface area contributed by atoms with Crippen LogP contribution in [0.15, 0.2) is 18.2 Å². The summed E-state index contributed by atoms with van der Waals surface area (Å²) in [6.07, 6.45) is 3.52. The summed E-state index contributed by atoms with van der Waals surface area (Å²) in [5, 5.41) is 3.59. The number of hydrogen-bond acceptors (Lipinski definition) is 5. The molecule has 4 rings (SSSR count). The summed E-state index contributed by atoms with van der Waals surface area (Å²) in [6.45, 7) is 2.85. The fourth-order valence-electron chi connectivity index (χ4n) is 3.53.